The van der Waals surface area contributed by atoms with E-state index in [4.69, 9.17) is 28.5 Å². The highest BCUT2D eigenvalue weighted by Gasteiger charge is 2.10. The third kappa shape index (κ3) is 4.12. The number of benzene rings is 2. The lowest BCUT2D eigenvalue weighted by Gasteiger charge is -2.11. The molecule has 7 heteroatoms. The van der Waals surface area contributed by atoms with Crippen molar-refractivity contribution in [2.75, 3.05) is 10.6 Å². The van der Waals surface area contributed by atoms with Crippen LogP contribution in [-0.2, 0) is 0 Å². The Kier molecular flexibility index (Phi) is 5.37. The number of anilines is 3. The minimum absolute atomic E-state index is 0.346. The molecule has 3 aromatic rings. The van der Waals surface area contributed by atoms with Crippen LogP contribution in [0.4, 0.5) is 17.1 Å². The molecule has 0 spiro atoms. The van der Waals surface area contributed by atoms with Crippen LogP contribution in [0.15, 0.2) is 60.9 Å². The summed E-state index contributed by atoms with van der Waals surface area (Å²) in [6, 6.07) is 15.5. The number of carbonyl (C=O) groups is 1. The summed E-state index contributed by atoms with van der Waals surface area (Å²) in [7, 11) is 0. The number of aromatic nitrogens is 1. The molecule has 0 atom stereocenters. The monoisotopic (exact) mass is 382 g/mol. The van der Waals surface area contributed by atoms with Gasteiger partial charge < -0.3 is 10.6 Å². The fourth-order valence-electron chi connectivity index (χ4n) is 2.26. The van der Waals surface area contributed by atoms with Crippen LogP contribution in [-0.4, -0.2) is 10.9 Å². The van der Waals surface area contributed by atoms with E-state index in [1.807, 2.05) is 6.07 Å². The Bertz CT molecular complexity index is 994. The van der Waals surface area contributed by atoms with E-state index >= 15 is 0 Å². The van der Waals surface area contributed by atoms with Crippen molar-refractivity contribution in [2.45, 2.75) is 0 Å². The van der Waals surface area contributed by atoms with E-state index in [-0.39, 0.29) is 5.91 Å². The number of amides is 1. The van der Waals surface area contributed by atoms with Gasteiger partial charge in [-0.15, -0.1) is 0 Å². The fourth-order valence-corrected chi connectivity index (χ4v) is 2.76. The second kappa shape index (κ2) is 7.87. The number of hydrogen-bond acceptors (Lipinski definition) is 4. The van der Waals surface area contributed by atoms with Crippen molar-refractivity contribution in [1.29, 1.82) is 5.26 Å². The molecule has 1 aromatic heterocycles. The lowest BCUT2D eigenvalue weighted by Crippen LogP contribution is -2.12. The van der Waals surface area contributed by atoms with E-state index in [1.165, 1.54) is 6.20 Å². The van der Waals surface area contributed by atoms with E-state index in [2.05, 4.69) is 15.6 Å². The lowest BCUT2D eigenvalue weighted by molar-refractivity contribution is 0.102. The maximum atomic E-state index is 12.4. The van der Waals surface area contributed by atoms with Crippen molar-refractivity contribution >= 4 is 46.2 Å². The predicted molar refractivity (Wildman–Crippen MR) is 103 cm³/mol. The summed E-state index contributed by atoms with van der Waals surface area (Å²) in [5, 5.41) is 15.7. The first-order valence-electron chi connectivity index (χ1n) is 7.54. The molecule has 2 N–H and O–H groups in total. The van der Waals surface area contributed by atoms with Crippen LogP contribution in [0.1, 0.15) is 15.9 Å². The number of nitriles is 1. The van der Waals surface area contributed by atoms with Crippen LogP contribution in [0.25, 0.3) is 0 Å². The summed E-state index contributed by atoms with van der Waals surface area (Å²) in [4.78, 5) is 16.5. The van der Waals surface area contributed by atoms with E-state index < -0.39 is 0 Å². The van der Waals surface area contributed by atoms with E-state index in [9.17, 15) is 4.79 Å². The summed E-state index contributed by atoms with van der Waals surface area (Å²) >= 11 is 12.3. The zero-order valence-electron chi connectivity index (χ0n) is 13.3. The van der Waals surface area contributed by atoms with Gasteiger partial charge in [0.2, 0.25) is 0 Å². The predicted octanol–water partition coefficient (Wildman–Crippen LogP) is 5.26. The molecule has 0 fully saturated rings. The smallest absolute Gasteiger partial charge is 0.257 e. The molecule has 0 saturated carbocycles. The standard InChI is InChI=1S/C19H12Cl2N4O/c20-16-5-2-6-17(21)18(16)24-15-8-13(10-23-11-15)19(26)25-14-4-1-3-12(7-14)9-22/h1-8,10-11,24H,(H,25,26). The van der Waals surface area contributed by atoms with Crippen LogP contribution in [0.2, 0.25) is 10.0 Å². The highest BCUT2D eigenvalue weighted by atomic mass is 35.5. The quantitative estimate of drug-likeness (QED) is 0.645. The molecule has 1 heterocycles. The van der Waals surface area contributed by atoms with Crippen LogP contribution < -0.4 is 10.6 Å². The number of pyridine rings is 1. The molecule has 1 amide bonds. The minimum atomic E-state index is -0.346. The number of para-hydroxylation sites is 1. The summed E-state index contributed by atoms with van der Waals surface area (Å²) in [6.07, 6.45) is 3.01. The molecule has 0 aliphatic heterocycles. The highest BCUT2D eigenvalue weighted by molar-refractivity contribution is 6.39. The maximum Gasteiger partial charge on any atom is 0.257 e. The van der Waals surface area contributed by atoms with Gasteiger partial charge in [-0.2, -0.15) is 5.26 Å². The molecule has 0 unspecified atom stereocenters. The number of hydrogen-bond donors (Lipinski definition) is 2. The third-order valence-electron chi connectivity index (χ3n) is 3.48. The summed E-state index contributed by atoms with van der Waals surface area (Å²) in [5.74, 6) is -0.346. The highest BCUT2D eigenvalue weighted by Crippen LogP contribution is 2.32. The largest absolute Gasteiger partial charge is 0.352 e. The van der Waals surface area contributed by atoms with E-state index in [0.717, 1.165) is 0 Å². The van der Waals surface area contributed by atoms with Crippen molar-refractivity contribution in [3.63, 3.8) is 0 Å². The molecule has 128 valence electrons. The normalized spacial score (nSPS) is 10.0. The van der Waals surface area contributed by atoms with E-state index in [0.29, 0.717) is 38.2 Å². The Morgan fingerprint density at radius 3 is 2.46 bits per heavy atom. The molecule has 2 aromatic carbocycles. The van der Waals surface area contributed by atoms with Gasteiger partial charge in [0, 0.05) is 11.9 Å². The molecule has 5 nitrogen and oxygen atoms in total. The van der Waals surface area contributed by atoms with Gasteiger partial charge in [-0.25, -0.2) is 0 Å². The molecule has 3 rings (SSSR count). The van der Waals surface area contributed by atoms with Crippen molar-refractivity contribution in [3.8, 4) is 6.07 Å². The zero-order valence-corrected chi connectivity index (χ0v) is 14.8. The average molecular weight is 383 g/mol. The van der Waals surface area contributed by atoms with Gasteiger partial charge in [0.1, 0.15) is 0 Å². The van der Waals surface area contributed by atoms with Gasteiger partial charge in [0.05, 0.1) is 44.8 Å². The minimum Gasteiger partial charge on any atom is -0.352 e. The Morgan fingerprint density at radius 2 is 1.73 bits per heavy atom. The first-order chi connectivity index (χ1) is 12.6. The van der Waals surface area contributed by atoms with Crippen molar-refractivity contribution in [3.05, 3.63) is 82.1 Å². The summed E-state index contributed by atoms with van der Waals surface area (Å²) in [5.41, 5.74) is 2.45. The lowest BCUT2D eigenvalue weighted by atomic mass is 10.2. The first kappa shape index (κ1) is 17.7. The molecule has 0 aliphatic rings. The van der Waals surface area contributed by atoms with Crippen LogP contribution in [0, 0.1) is 11.3 Å². The van der Waals surface area contributed by atoms with Gasteiger partial charge in [0.15, 0.2) is 0 Å². The van der Waals surface area contributed by atoms with Crippen LogP contribution in [0.3, 0.4) is 0 Å². The number of nitrogens with one attached hydrogen (secondary N) is 2. The van der Waals surface area contributed by atoms with Gasteiger partial charge in [-0.05, 0) is 36.4 Å². The zero-order chi connectivity index (χ0) is 18.5. The Hall–Kier alpha value is -3.07. The molecule has 26 heavy (non-hydrogen) atoms. The Balaban J connectivity index is 1.80. The number of halogens is 2. The second-order valence-electron chi connectivity index (χ2n) is 5.33. The van der Waals surface area contributed by atoms with Crippen molar-refractivity contribution < 1.29 is 4.79 Å². The first-order valence-corrected chi connectivity index (χ1v) is 8.30. The third-order valence-corrected chi connectivity index (χ3v) is 4.11. The molecule has 0 radical (unpaired) electrons. The molecular weight excluding hydrogens is 371 g/mol. The SMILES string of the molecule is N#Cc1cccc(NC(=O)c2cncc(Nc3c(Cl)cccc3Cl)c2)c1. The van der Waals surface area contributed by atoms with Crippen LogP contribution in [0.5, 0.6) is 0 Å². The number of nitrogens with zero attached hydrogens (tertiary/aromatic N) is 2. The van der Waals surface area contributed by atoms with Gasteiger partial charge in [-0.1, -0.05) is 35.3 Å². The Morgan fingerprint density at radius 1 is 1.00 bits per heavy atom. The topological polar surface area (TPSA) is 77.8 Å². The van der Waals surface area contributed by atoms with Crippen molar-refractivity contribution in [2.24, 2.45) is 0 Å². The van der Waals surface area contributed by atoms with Crippen molar-refractivity contribution in [1.82, 2.24) is 4.98 Å². The molecule has 0 saturated heterocycles. The number of rotatable bonds is 4. The maximum absolute atomic E-state index is 12.4. The van der Waals surface area contributed by atoms with Gasteiger partial charge in [-0.3, -0.25) is 9.78 Å². The molecular formula is C19H12Cl2N4O. The fraction of sp³-hybridized carbons (Fsp3) is 0. The van der Waals surface area contributed by atoms with Gasteiger partial charge in [0.25, 0.3) is 5.91 Å². The number of carbonyl (C=O) groups excluding carboxylic acids is 1. The summed E-state index contributed by atoms with van der Waals surface area (Å²) in [6.45, 7) is 0. The van der Waals surface area contributed by atoms with Gasteiger partial charge >= 0.3 is 0 Å². The van der Waals surface area contributed by atoms with Crippen LogP contribution >= 0.6 is 23.2 Å². The van der Waals surface area contributed by atoms with E-state index in [1.54, 1.807) is 54.7 Å². The second-order valence-corrected chi connectivity index (χ2v) is 6.15. The summed E-state index contributed by atoms with van der Waals surface area (Å²) < 4.78 is 0. The average Bonchev–Trinajstić information content (AvgIpc) is 2.65. The molecule has 0 bridgehead atoms. The molecule has 0 aliphatic carbocycles. The Labute approximate surface area is 160 Å².